The number of nitrogens with two attached hydrogens (primary N) is 1. The molecule has 1 aromatic rings. The van der Waals surface area contributed by atoms with Crippen LogP contribution in [0.15, 0.2) is 16.3 Å². The average molecular weight is 304 g/mol. The largest absolute Gasteiger partial charge is 0.393 e. The normalized spacial score (nSPS) is 23.6. The summed E-state index contributed by atoms with van der Waals surface area (Å²) >= 11 is 1.29. The van der Waals surface area contributed by atoms with Crippen molar-refractivity contribution in [2.45, 2.75) is 29.6 Å². The molecule has 0 aliphatic heterocycles. The van der Waals surface area contributed by atoms with Gasteiger partial charge in [-0.15, -0.1) is 11.3 Å². The average Bonchev–Trinajstić information content (AvgIpc) is 2.76. The van der Waals surface area contributed by atoms with Gasteiger partial charge in [0.15, 0.2) is 0 Å². The zero-order valence-corrected chi connectivity index (χ0v) is 12.6. The van der Waals surface area contributed by atoms with Gasteiger partial charge in [-0.25, -0.2) is 8.42 Å². The van der Waals surface area contributed by atoms with Crippen molar-refractivity contribution in [2.75, 3.05) is 20.1 Å². The molecule has 0 atom stereocenters. The maximum Gasteiger partial charge on any atom is 0.252 e. The van der Waals surface area contributed by atoms with Crippen LogP contribution < -0.4 is 5.73 Å². The van der Waals surface area contributed by atoms with Crippen LogP contribution in [0.3, 0.4) is 0 Å². The maximum atomic E-state index is 12.3. The Morgan fingerprint density at radius 2 is 2.16 bits per heavy atom. The van der Waals surface area contributed by atoms with Gasteiger partial charge in [0.25, 0.3) is 10.0 Å². The summed E-state index contributed by atoms with van der Waals surface area (Å²) in [5.74, 6) is 0.276. The fourth-order valence-corrected chi connectivity index (χ4v) is 5.07. The van der Waals surface area contributed by atoms with E-state index in [2.05, 4.69) is 0 Å². The molecular formula is C12H20N2O3S2. The van der Waals surface area contributed by atoms with Crippen LogP contribution in [0.4, 0.5) is 0 Å². The molecule has 0 bridgehead atoms. The molecular weight excluding hydrogens is 284 g/mol. The van der Waals surface area contributed by atoms with Gasteiger partial charge in [0.05, 0.1) is 6.10 Å². The summed E-state index contributed by atoms with van der Waals surface area (Å²) in [5.41, 5.74) is 5.47. The highest BCUT2D eigenvalue weighted by atomic mass is 32.2. The van der Waals surface area contributed by atoms with Crippen LogP contribution in [0.25, 0.3) is 0 Å². The maximum absolute atomic E-state index is 12.3. The van der Waals surface area contributed by atoms with E-state index >= 15 is 0 Å². The zero-order chi connectivity index (χ0) is 14.0. The minimum atomic E-state index is -3.40. The lowest BCUT2D eigenvalue weighted by atomic mass is 9.82. The van der Waals surface area contributed by atoms with E-state index in [0.29, 0.717) is 36.6 Å². The van der Waals surface area contributed by atoms with Crippen molar-refractivity contribution in [2.24, 2.45) is 11.7 Å². The summed E-state index contributed by atoms with van der Waals surface area (Å²) < 4.78 is 26.5. The van der Waals surface area contributed by atoms with Gasteiger partial charge < -0.3 is 10.8 Å². The Labute approximate surface area is 118 Å². The van der Waals surface area contributed by atoms with Gasteiger partial charge >= 0.3 is 0 Å². The molecule has 0 radical (unpaired) electrons. The third-order valence-corrected chi connectivity index (χ3v) is 6.85. The second kappa shape index (κ2) is 5.88. The van der Waals surface area contributed by atoms with Crippen LogP contribution in [0.5, 0.6) is 0 Å². The molecule has 1 aliphatic carbocycles. The lowest BCUT2D eigenvalue weighted by Crippen LogP contribution is -2.39. The Morgan fingerprint density at radius 1 is 1.47 bits per heavy atom. The minimum absolute atomic E-state index is 0.251. The van der Waals surface area contributed by atoms with E-state index in [1.807, 2.05) is 6.07 Å². The molecule has 0 saturated heterocycles. The molecule has 0 aromatic carbocycles. The predicted octanol–water partition coefficient (Wildman–Crippen LogP) is 0.641. The lowest BCUT2D eigenvalue weighted by Gasteiger charge is -2.33. The first-order chi connectivity index (χ1) is 8.93. The SMILES string of the molecule is CN(CC1CC(O)C1)S(=O)(=O)c1ccc(CCN)s1. The van der Waals surface area contributed by atoms with Gasteiger partial charge in [-0.1, -0.05) is 0 Å². The Hall–Kier alpha value is -0.470. The standard InChI is InChI=1S/C12H20N2O3S2/c1-14(8-9-6-10(15)7-9)19(16,17)12-3-2-11(18-12)4-5-13/h2-3,9-10,15H,4-8,13H2,1H3. The molecule has 1 fully saturated rings. The topological polar surface area (TPSA) is 83.6 Å². The highest BCUT2D eigenvalue weighted by molar-refractivity contribution is 7.91. The van der Waals surface area contributed by atoms with Gasteiger partial charge in [0, 0.05) is 18.5 Å². The molecule has 0 spiro atoms. The number of aliphatic hydroxyl groups is 1. The molecule has 108 valence electrons. The fourth-order valence-electron chi connectivity index (χ4n) is 2.24. The van der Waals surface area contributed by atoms with Gasteiger partial charge in [0.1, 0.15) is 4.21 Å². The molecule has 19 heavy (non-hydrogen) atoms. The van der Waals surface area contributed by atoms with Crippen molar-refractivity contribution >= 4 is 21.4 Å². The fraction of sp³-hybridized carbons (Fsp3) is 0.667. The second-order valence-corrected chi connectivity index (χ2v) is 8.48. The van der Waals surface area contributed by atoms with Crippen molar-refractivity contribution in [3.8, 4) is 0 Å². The Kier molecular flexibility index (Phi) is 4.62. The Balaban J connectivity index is 2.03. The van der Waals surface area contributed by atoms with Crippen molar-refractivity contribution in [1.29, 1.82) is 0 Å². The third kappa shape index (κ3) is 3.35. The third-order valence-electron chi connectivity index (χ3n) is 3.42. The number of rotatable bonds is 6. The van der Waals surface area contributed by atoms with Crippen molar-refractivity contribution < 1.29 is 13.5 Å². The molecule has 0 amide bonds. The van der Waals surface area contributed by atoms with E-state index < -0.39 is 10.0 Å². The molecule has 5 nitrogen and oxygen atoms in total. The molecule has 2 rings (SSSR count). The molecule has 1 heterocycles. The van der Waals surface area contributed by atoms with Crippen molar-refractivity contribution in [3.63, 3.8) is 0 Å². The van der Waals surface area contributed by atoms with E-state index in [1.54, 1.807) is 13.1 Å². The first kappa shape index (κ1) is 14.9. The highest BCUT2D eigenvalue weighted by Crippen LogP contribution is 2.30. The lowest BCUT2D eigenvalue weighted by molar-refractivity contribution is 0.0367. The molecule has 1 aliphatic rings. The van der Waals surface area contributed by atoms with E-state index in [0.717, 1.165) is 4.88 Å². The molecule has 3 N–H and O–H groups in total. The van der Waals surface area contributed by atoms with Crippen LogP contribution in [-0.4, -0.2) is 44.1 Å². The van der Waals surface area contributed by atoms with E-state index in [4.69, 9.17) is 5.73 Å². The molecule has 7 heteroatoms. The van der Waals surface area contributed by atoms with Gasteiger partial charge in [-0.2, -0.15) is 4.31 Å². The van der Waals surface area contributed by atoms with Crippen LogP contribution >= 0.6 is 11.3 Å². The van der Waals surface area contributed by atoms with Crippen molar-refractivity contribution in [3.05, 3.63) is 17.0 Å². The number of hydrogen-bond donors (Lipinski definition) is 2. The minimum Gasteiger partial charge on any atom is -0.393 e. The summed E-state index contributed by atoms with van der Waals surface area (Å²) in [6.07, 6.45) is 1.85. The first-order valence-electron chi connectivity index (χ1n) is 6.36. The summed E-state index contributed by atoms with van der Waals surface area (Å²) in [7, 11) is -1.80. The molecule has 1 aromatic heterocycles. The summed E-state index contributed by atoms with van der Waals surface area (Å²) in [6.45, 7) is 0.999. The number of nitrogens with zero attached hydrogens (tertiary/aromatic N) is 1. The van der Waals surface area contributed by atoms with E-state index in [-0.39, 0.29) is 12.0 Å². The van der Waals surface area contributed by atoms with E-state index in [1.165, 1.54) is 15.6 Å². The van der Waals surface area contributed by atoms with Crippen LogP contribution in [-0.2, 0) is 16.4 Å². The smallest absolute Gasteiger partial charge is 0.252 e. The van der Waals surface area contributed by atoms with E-state index in [9.17, 15) is 13.5 Å². The van der Waals surface area contributed by atoms with Crippen LogP contribution in [0, 0.1) is 5.92 Å². The summed E-state index contributed by atoms with van der Waals surface area (Å²) in [6, 6.07) is 3.47. The number of sulfonamides is 1. The zero-order valence-electron chi connectivity index (χ0n) is 10.9. The van der Waals surface area contributed by atoms with Gasteiger partial charge in [0.2, 0.25) is 0 Å². The monoisotopic (exact) mass is 304 g/mol. The summed E-state index contributed by atoms with van der Waals surface area (Å²) in [5, 5.41) is 9.24. The van der Waals surface area contributed by atoms with Crippen molar-refractivity contribution in [1.82, 2.24) is 4.31 Å². The summed E-state index contributed by atoms with van der Waals surface area (Å²) in [4.78, 5) is 0.994. The molecule has 1 saturated carbocycles. The number of thiophene rings is 1. The molecule has 0 unspecified atom stereocenters. The quantitative estimate of drug-likeness (QED) is 0.808. The van der Waals surface area contributed by atoms with Gasteiger partial charge in [-0.05, 0) is 43.9 Å². The number of aliphatic hydroxyl groups excluding tert-OH is 1. The first-order valence-corrected chi connectivity index (χ1v) is 8.62. The Morgan fingerprint density at radius 3 is 2.74 bits per heavy atom. The predicted molar refractivity (Wildman–Crippen MR) is 75.6 cm³/mol. The highest BCUT2D eigenvalue weighted by Gasteiger charge is 2.32. The number of hydrogen-bond acceptors (Lipinski definition) is 5. The van der Waals surface area contributed by atoms with Crippen LogP contribution in [0.1, 0.15) is 17.7 Å². The van der Waals surface area contributed by atoms with Gasteiger partial charge in [-0.3, -0.25) is 0 Å². The second-order valence-electron chi connectivity index (χ2n) is 5.04. The Bertz CT molecular complexity index is 521. The van der Waals surface area contributed by atoms with Crippen LogP contribution in [0.2, 0.25) is 0 Å².